The molecule has 128 valence electrons. The largest absolute Gasteiger partial charge is 0.369 e. The minimum atomic E-state index is -0.173. The number of anilines is 2. The summed E-state index contributed by atoms with van der Waals surface area (Å²) in [6.45, 7) is 6.32. The number of carbonyl (C=O) groups is 1. The van der Waals surface area contributed by atoms with Crippen LogP contribution in [0.4, 0.5) is 15.5 Å². The first-order chi connectivity index (χ1) is 11.6. The normalized spacial score (nSPS) is 16.7. The predicted molar refractivity (Wildman–Crippen MR) is 101 cm³/mol. The first kappa shape index (κ1) is 16.8. The SMILES string of the molecule is C[C@H](NC(=O)Nc1cccs1)c1ccc(N2CCN(C)CC2)cc1. The Labute approximate surface area is 147 Å². The smallest absolute Gasteiger partial charge is 0.320 e. The molecule has 5 nitrogen and oxygen atoms in total. The van der Waals surface area contributed by atoms with Gasteiger partial charge < -0.3 is 15.1 Å². The van der Waals surface area contributed by atoms with Gasteiger partial charge >= 0.3 is 6.03 Å². The Hall–Kier alpha value is -2.05. The number of thiophene rings is 1. The average molecular weight is 344 g/mol. The number of rotatable bonds is 4. The second kappa shape index (κ2) is 7.68. The molecule has 0 spiro atoms. The fraction of sp³-hybridized carbons (Fsp3) is 0.389. The molecule has 1 saturated heterocycles. The number of hydrogen-bond acceptors (Lipinski definition) is 4. The summed E-state index contributed by atoms with van der Waals surface area (Å²) in [5.41, 5.74) is 2.36. The van der Waals surface area contributed by atoms with Crippen LogP contribution in [-0.4, -0.2) is 44.2 Å². The van der Waals surface area contributed by atoms with Crippen molar-refractivity contribution in [3.8, 4) is 0 Å². The second-order valence-electron chi connectivity index (χ2n) is 6.18. The van der Waals surface area contributed by atoms with Crippen molar-refractivity contribution < 1.29 is 4.79 Å². The Morgan fingerprint density at radius 1 is 1.12 bits per heavy atom. The van der Waals surface area contributed by atoms with Crippen LogP contribution in [0, 0.1) is 0 Å². The van der Waals surface area contributed by atoms with E-state index in [0.717, 1.165) is 36.7 Å². The zero-order chi connectivity index (χ0) is 16.9. The van der Waals surface area contributed by atoms with Crippen LogP contribution in [-0.2, 0) is 0 Å². The van der Waals surface area contributed by atoms with Crippen LogP contribution < -0.4 is 15.5 Å². The van der Waals surface area contributed by atoms with E-state index < -0.39 is 0 Å². The number of piperazine rings is 1. The molecule has 0 unspecified atom stereocenters. The summed E-state index contributed by atoms with van der Waals surface area (Å²) in [6.07, 6.45) is 0. The third-order valence-electron chi connectivity index (χ3n) is 4.37. The van der Waals surface area contributed by atoms with Crippen LogP contribution in [0.3, 0.4) is 0 Å². The van der Waals surface area contributed by atoms with E-state index in [0.29, 0.717) is 0 Å². The van der Waals surface area contributed by atoms with Gasteiger partial charge in [0.25, 0.3) is 0 Å². The maximum absolute atomic E-state index is 12.0. The highest BCUT2D eigenvalue weighted by Crippen LogP contribution is 2.21. The molecule has 0 saturated carbocycles. The van der Waals surface area contributed by atoms with Crippen molar-refractivity contribution in [1.82, 2.24) is 10.2 Å². The molecule has 1 aliphatic rings. The van der Waals surface area contributed by atoms with Crippen LogP contribution in [0.25, 0.3) is 0 Å². The van der Waals surface area contributed by atoms with Crippen LogP contribution in [0.15, 0.2) is 41.8 Å². The lowest BCUT2D eigenvalue weighted by atomic mass is 10.1. The van der Waals surface area contributed by atoms with Crippen molar-refractivity contribution in [2.24, 2.45) is 0 Å². The van der Waals surface area contributed by atoms with Crippen LogP contribution in [0.5, 0.6) is 0 Å². The molecule has 1 aliphatic heterocycles. The van der Waals surface area contributed by atoms with Gasteiger partial charge in [-0.1, -0.05) is 12.1 Å². The highest BCUT2D eigenvalue weighted by atomic mass is 32.1. The van der Waals surface area contributed by atoms with Gasteiger partial charge in [-0.15, -0.1) is 11.3 Å². The van der Waals surface area contributed by atoms with Crippen molar-refractivity contribution in [3.63, 3.8) is 0 Å². The molecule has 1 atom stereocenters. The number of likely N-dealkylation sites (N-methyl/N-ethyl adjacent to an activating group) is 1. The van der Waals surface area contributed by atoms with E-state index in [-0.39, 0.29) is 12.1 Å². The molecule has 24 heavy (non-hydrogen) atoms. The van der Waals surface area contributed by atoms with Crippen molar-refractivity contribution >= 4 is 28.1 Å². The number of nitrogens with zero attached hydrogens (tertiary/aromatic N) is 2. The molecule has 6 heteroatoms. The Bertz CT molecular complexity index is 648. The fourth-order valence-electron chi connectivity index (χ4n) is 2.82. The molecule has 2 aromatic rings. The summed E-state index contributed by atoms with van der Waals surface area (Å²) in [6, 6.07) is 12.1. The van der Waals surface area contributed by atoms with Gasteiger partial charge in [-0.05, 0) is 49.2 Å². The lowest BCUT2D eigenvalue weighted by Crippen LogP contribution is -2.44. The standard InChI is InChI=1S/C18H24N4OS/c1-14(19-18(23)20-17-4-3-13-24-17)15-5-7-16(8-6-15)22-11-9-21(2)10-12-22/h3-8,13-14H,9-12H2,1-2H3,(H2,19,20,23)/t14-/m0/s1. The summed E-state index contributed by atoms with van der Waals surface area (Å²) in [5.74, 6) is 0. The minimum Gasteiger partial charge on any atom is -0.369 e. The number of benzene rings is 1. The minimum absolute atomic E-state index is 0.0356. The molecule has 2 heterocycles. The quantitative estimate of drug-likeness (QED) is 0.894. The van der Waals surface area contributed by atoms with Gasteiger partial charge in [-0.25, -0.2) is 4.79 Å². The van der Waals surface area contributed by atoms with Gasteiger partial charge in [0.2, 0.25) is 0 Å². The molecule has 1 fully saturated rings. The van der Waals surface area contributed by atoms with E-state index in [9.17, 15) is 4.79 Å². The summed E-state index contributed by atoms with van der Waals surface area (Å²) in [5, 5.41) is 8.61. The number of nitrogens with one attached hydrogen (secondary N) is 2. The van der Waals surface area contributed by atoms with Gasteiger partial charge in [-0.3, -0.25) is 5.32 Å². The molecule has 0 aliphatic carbocycles. The molecule has 0 bridgehead atoms. The van der Waals surface area contributed by atoms with E-state index in [1.807, 2.05) is 24.4 Å². The zero-order valence-electron chi connectivity index (χ0n) is 14.2. The first-order valence-corrected chi connectivity index (χ1v) is 9.14. The molecular weight excluding hydrogens is 320 g/mol. The molecular formula is C18H24N4OS. The Morgan fingerprint density at radius 2 is 1.83 bits per heavy atom. The van der Waals surface area contributed by atoms with Gasteiger partial charge in [0.1, 0.15) is 0 Å². The summed E-state index contributed by atoms with van der Waals surface area (Å²) >= 11 is 1.51. The number of carbonyl (C=O) groups excluding carboxylic acids is 1. The number of urea groups is 1. The predicted octanol–water partition coefficient (Wildman–Crippen LogP) is 3.38. The zero-order valence-corrected chi connectivity index (χ0v) is 15.0. The summed E-state index contributed by atoms with van der Waals surface area (Å²) in [7, 11) is 2.16. The van der Waals surface area contributed by atoms with Crippen LogP contribution >= 0.6 is 11.3 Å². The second-order valence-corrected chi connectivity index (χ2v) is 7.13. The lowest BCUT2D eigenvalue weighted by molar-refractivity contribution is 0.249. The Morgan fingerprint density at radius 3 is 2.46 bits per heavy atom. The maximum Gasteiger partial charge on any atom is 0.320 e. The molecule has 2 N–H and O–H groups in total. The first-order valence-electron chi connectivity index (χ1n) is 8.26. The van der Waals surface area contributed by atoms with Crippen molar-refractivity contribution in [2.45, 2.75) is 13.0 Å². The van der Waals surface area contributed by atoms with Crippen LogP contribution in [0.1, 0.15) is 18.5 Å². The van der Waals surface area contributed by atoms with Gasteiger partial charge in [-0.2, -0.15) is 0 Å². The topological polar surface area (TPSA) is 47.6 Å². The summed E-state index contributed by atoms with van der Waals surface area (Å²) < 4.78 is 0. The van der Waals surface area contributed by atoms with E-state index >= 15 is 0 Å². The van der Waals surface area contributed by atoms with Gasteiger partial charge in [0.05, 0.1) is 11.0 Å². The van der Waals surface area contributed by atoms with E-state index in [1.54, 1.807) is 0 Å². The summed E-state index contributed by atoms with van der Waals surface area (Å²) in [4.78, 5) is 16.8. The Kier molecular flexibility index (Phi) is 5.37. The molecule has 2 amide bonds. The van der Waals surface area contributed by atoms with E-state index in [2.05, 4.69) is 51.7 Å². The maximum atomic E-state index is 12.0. The van der Waals surface area contributed by atoms with Crippen LogP contribution in [0.2, 0.25) is 0 Å². The fourth-order valence-corrected chi connectivity index (χ4v) is 3.43. The third kappa shape index (κ3) is 4.27. The van der Waals surface area contributed by atoms with E-state index in [4.69, 9.17) is 0 Å². The molecule has 1 aromatic carbocycles. The monoisotopic (exact) mass is 344 g/mol. The van der Waals surface area contributed by atoms with Crippen molar-refractivity contribution in [1.29, 1.82) is 0 Å². The molecule has 3 rings (SSSR count). The molecule has 0 radical (unpaired) electrons. The highest BCUT2D eigenvalue weighted by molar-refractivity contribution is 7.14. The third-order valence-corrected chi connectivity index (χ3v) is 5.15. The van der Waals surface area contributed by atoms with Crippen molar-refractivity contribution in [3.05, 3.63) is 47.3 Å². The average Bonchev–Trinajstić information content (AvgIpc) is 3.08. The Balaban J connectivity index is 1.55. The van der Waals surface area contributed by atoms with Gasteiger partial charge in [0, 0.05) is 31.9 Å². The van der Waals surface area contributed by atoms with E-state index in [1.165, 1.54) is 17.0 Å². The number of hydrogen-bond donors (Lipinski definition) is 2. The highest BCUT2D eigenvalue weighted by Gasteiger charge is 2.15. The molecule has 1 aromatic heterocycles. The van der Waals surface area contributed by atoms with Crippen molar-refractivity contribution in [2.75, 3.05) is 43.4 Å². The van der Waals surface area contributed by atoms with Gasteiger partial charge in [0.15, 0.2) is 0 Å². The lowest BCUT2D eigenvalue weighted by Gasteiger charge is -2.34. The number of amides is 2.